The Labute approximate surface area is 182 Å². The van der Waals surface area contributed by atoms with Gasteiger partial charge in [-0.05, 0) is 36.8 Å². The number of carbonyl (C=O) groups is 1. The largest absolute Gasteiger partial charge is 0.310 e. The van der Waals surface area contributed by atoms with Gasteiger partial charge in [-0.25, -0.2) is 19.0 Å². The van der Waals surface area contributed by atoms with Gasteiger partial charge in [-0.15, -0.1) is 0 Å². The number of benzene rings is 2. The van der Waals surface area contributed by atoms with E-state index in [-0.39, 0.29) is 18.1 Å². The molecular formula is C23H18FN7O. The minimum Gasteiger partial charge on any atom is -0.310 e. The Balaban J connectivity index is 1.51. The van der Waals surface area contributed by atoms with Crippen molar-refractivity contribution in [3.05, 3.63) is 90.3 Å². The normalized spacial score (nSPS) is 11.1. The summed E-state index contributed by atoms with van der Waals surface area (Å²) in [6.07, 6.45) is 3.28. The van der Waals surface area contributed by atoms with Crippen LogP contribution < -0.4 is 5.32 Å². The molecule has 0 atom stereocenters. The van der Waals surface area contributed by atoms with E-state index in [1.165, 1.54) is 18.5 Å². The third-order valence-corrected chi connectivity index (χ3v) is 4.92. The molecule has 3 heterocycles. The molecule has 0 fully saturated rings. The molecule has 32 heavy (non-hydrogen) atoms. The summed E-state index contributed by atoms with van der Waals surface area (Å²) >= 11 is 0. The molecule has 2 aromatic carbocycles. The maximum absolute atomic E-state index is 13.3. The summed E-state index contributed by atoms with van der Waals surface area (Å²) in [4.78, 5) is 21.4. The van der Waals surface area contributed by atoms with Gasteiger partial charge in [-0.2, -0.15) is 14.9 Å². The first-order valence-corrected chi connectivity index (χ1v) is 9.94. The van der Waals surface area contributed by atoms with E-state index in [1.54, 1.807) is 33.8 Å². The van der Waals surface area contributed by atoms with E-state index in [4.69, 9.17) is 0 Å². The molecule has 0 aliphatic heterocycles. The van der Waals surface area contributed by atoms with Gasteiger partial charge in [0.1, 0.15) is 18.0 Å². The van der Waals surface area contributed by atoms with Gasteiger partial charge < -0.3 is 5.32 Å². The highest BCUT2D eigenvalue weighted by atomic mass is 19.1. The smallest absolute Gasteiger partial charge is 0.229 e. The maximum Gasteiger partial charge on any atom is 0.229 e. The lowest BCUT2D eigenvalue weighted by atomic mass is 10.1. The Morgan fingerprint density at radius 2 is 1.81 bits per heavy atom. The van der Waals surface area contributed by atoms with Gasteiger partial charge in [-0.3, -0.25) is 4.79 Å². The number of nitrogens with zero attached hydrogens (tertiary/aromatic N) is 6. The van der Waals surface area contributed by atoms with E-state index in [0.717, 1.165) is 11.3 Å². The molecule has 158 valence electrons. The van der Waals surface area contributed by atoms with Crippen LogP contribution in [0.25, 0.3) is 22.5 Å². The summed E-state index contributed by atoms with van der Waals surface area (Å²) in [5, 5.41) is 12.5. The highest BCUT2D eigenvalue weighted by Crippen LogP contribution is 2.24. The first kappa shape index (κ1) is 19.6. The summed E-state index contributed by atoms with van der Waals surface area (Å²) < 4.78 is 16.5. The molecule has 8 nitrogen and oxygen atoms in total. The van der Waals surface area contributed by atoms with Crippen LogP contribution in [0.15, 0.2) is 73.2 Å². The number of halogens is 1. The summed E-state index contributed by atoms with van der Waals surface area (Å²) in [7, 11) is 0. The van der Waals surface area contributed by atoms with Gasteiger partial charge in [-0.1, -0.05) is 30.3 Å². The number of aromatic nitrogens is 6. The number of aryl methyl sites for hydroxylation is 1. The highest BCUT2D eigenvalue weighted by molar-refractivity contribution is 5.92. The standard InChI is InChI=1S/C23H18FN7O/c1-15-11-20(28-21(32)12-16-5-3-2-4-6-16)31(29-15)23-19-13-27-30(22(19)25-14-26-23)18-9-7-17(24)8-10-18/h2-11,13-14H,12H2,1H3,(H,28,32). The van der Waals surface area contributed by atoms with Crippen LogP contribution in [0.1, 0.15) is 11.3 Å². The molecule has 0 aliphatic rings. The molecule has 5 aromatic rings. The number of anilines is 1. The number of fused-ring (bicyclic) bond motifs is 1. The zero-order chi connectivity index (χ0) is 22.1. The summed E-state index contributed by atoms with van der Waals surface area (Å²) in [6.45, 7) is 1.84. The highest BCUT2D eigenvalue weighted by Gasteiger charge is 2.17. The van der Waals surface area contributed by atoms with Crippen molar-refractivity contribution in [2.45, 2.75) is 13.3 Å². The van der Waals surface area contributed by atoms with Crippen molar-refractivity contribution < 1.29 is 9.18 Å². The van der Waals surface area contributed by atoms with Crippen LogP contribution in [0.4, 0.5) is 10.2 Å². The lowest BCUT2D eigenvalue weighted by Crippen LogP contribution is -2.17. The van der Waals surface area contributed by atoms with E-state index in [2.05, 4.69) is 25.5 Å². The molecular weight excluding hydrogens is 409 g/mol. The predicted octanol–water partition coefficient (Wildman–Crippen LogP) is 3.63. The van der Waals surface area contributed by atoms with Gasteiger partial charge in [0.25, 0.3) is 0 Å². The molecule has 9 heteroatoms. The first-order valence-electron chi connectivity index (χ1n) is 9.94. The van der Waals surface area contributed by atoms with Crippen LogP contribution in [0.2, 0.25) is 0 Å². The fraction of sp³-hybridized carbons (Fsp3) is 0.0870. The van der Waals surface area contributed by atoms with Crippen LogP contribution in [0.3, 0.4) is 0 Å². The number of amides is 1. The number of rotatable bonds is 5. The maximum atomic E-state index is 13.3. The average molecular weight is 427 g/mol. The summed E-state index contributed by atoms with van der Waals surface area (Å²) in [6, 6.07) is 17.3. The quantitative estimate of drug-likeness (QED) is 0.463. The number of nitrogens with one attached hydrogen (secondary N) is 1. The molecule has 0 bridgehead atoms. The topological polar surface area (TPSA) is 90.5 Å². The average Bonchev–Trinajstić information content (AvgIpc) is 3.38. The van der Waals surface area contributed by atoms with Crippen molar-refractivity contribution in [2.75, 3.05) is 5.32 Å². The van der Waals surface area contributed by atoms with E-state index in [1.807, 2.05) is 37.3 Å². The van der Waals surface area contributed by atoms with E-state index < -0.39 is 0 Å². The van der Waals surface area contributed by atoms with Crippen molar-refractivity contribution in [1.82, 2.24) is 29.5 Å². The van der Waals surface area contributed by atoms with E-state index in [9.17, 15) is 9.18 Å². The van der Waals surface area contributed by atoms with Crippen LogP contribution in [-0.2, 0) is 11.2 Å². The van der Waals surface area contributed by atoms with Crippen LogP contribution in [-0.4, -0.2) is 35.4 Å². The van der Waals surface area contributed by atoms with Gasteiger partial charge in [0.2, 0.25) is 5.91 Å². The predicted molar refractivity (Wildman–Crippen MR) is 117 cm³/mol. The minimum absolute atomic E-state index is 0.162. The second-order valence-electron chi connectivity index (χ2n) is 7.26. The Morgan fingerprint density at radius 3 is 2.59 bits per heavy atom. The van der Waals surface area contributed by atoms with E-state index in [0.29, 0.717) is 28.4 Å². The zero-order valence-corrected chi connectivity index (χ0v) is 17.1. The number of hydrogen-bond donors (Lipinski definition) is 1. The van der Waals surface area contributed by atoms with Gasteiger partial charge in [0.05, 0.1) is 29.4 Å². The monoisotopic (exact) mass is 427 g/mol. The minimum atomic E-state index is -0.330. The summed E-state index contributed by atoms with van der Waals surface area (Å²) in [5.74, 6) is 0.484. The Morgan fingerprint density at radius 1 is 1.03 bits per heavy atom. The van der Waals surface area contributed by atoms with Crippen molar-refractivity contribution in [2.24, 2.45) is 0 Å². The first-order chi connectivity index (χ1) is 15.6. The van der Waals surface area contributed by atoms with E-state index >= 15 is 0 Å². The van der Waals surface area contributed by atoms with Crippen LogP contribution in [0, 0.1) is 12.7 Å². The molecule has 0 radical (unpaired) electrons. The number of carbonyl (C=O) groups excluding carboxylic acids is 1. The van der Waals surface area contributed by atoms with Crippen LogP contribution >= 0.6 is 0 Å². The molecule has 0 spiro atoms. The van der Waals surface area contributed by atoms with Crippen molar-refractivity contribution in [1.29, 1.82) is 0 Å². The molecule has 1 N–H and O–H groups in total. The fourth-order valence-electron chi connectivity index (χ4n) is 3.49. The van der Waals surface area contributed by atoms with Crippen molar-refractivity contribution in [3.63, 3.8) is 0 Å². The van der Waals surface area contributed by atoms with Crippen molar-refractivity contribution >= 4 is 22.8 Å². The Bertz CT molecular complexity index is 1410. The van der Waals surface area contributed by atoms with Crippen LogP contribution in [0.5, 0.6) is 0 Å². The van der Waals surface area contributed by atoms with Gasteiger partial charge >= 0.3 is 0 Å². The van der Waals surface area contributed by atoms with Gasteiger partial charge in [0.15, 0.2) is 11.5 Å². The molecule has 0 unspecified atom stereocenters. The molecule has 3 aromatic heterocycles. The molecule has 0 saturated heterocycles. The Hall–Kier alpha value is -4.40. The molecule has 0 saturated carbocycles. The van der Waals surface area contributed by atoms with Crippen molar-refractivity contribution in [3.8, 4) is 11.5 Å². The Kier molecular flexibility index (Phi) is 4.91. The second-order valence-corrected chi connectivity index (χ2v) is 7.26. The second kappa shape index (κ2) is 8.03. The molecule has 5 rings (SSSR count). The molecule has 0 aliphatic carbocycles. The lowest BCUT2D eigenvalue weighted by Gasteiger charge is -2.09. The lowest BCUT2D eigenvalue weighted by molar-refractivity contribution is -0.115. The third kappa shape index (κ3) is 3.71. The zero-order valence-electron chi connectivity index (χ0n) is 17.1. The third-order valence-electron chi connectivity index (χ3n) is 4.92. The van der Waals surface area contributed by atoms with Gasteiger partial charge in [0, 0.05) is 6.07 Å². The SMILES string of the molecule is Cc1cc(NC(=O)Cc2ccccc2)n(-c2ncnc3c2cnn3-c2ccc(F)cc2)n1. The molecule has 1 amide bonds. The fourth-order valence-corrected chi connectivity index (χ4v) is 3.49. The summed E-state index contributed by atoms with van der Waals surface area (Å²) in [5.41, 5.74) is 2.84. The number of hydrogen-bond acceptors (Lipinski definition) is 5.